The third kappa shape index (κ3) is 13.3. The van der Waals surface area contributed by atoms with Gasteiger partial charge in [-0.25, -0.2) is 0 Å². The van der Waals surface area contributed by atoms with Crippen LogP contribution in [0.4, 0.5) is 0 Å². The van der Waals surface area contributed by atoms with Crippen LogP contribution in [-0.2, 0) is 12.8 Å². The predicted molar refractivity (Wildman–Crippen MR) is 237 cm³/mol. The van der Waals surface area contributed by atoms with E-state index in [9.17, 15) is 10.2 Å². The summed E-state index contributed by atoms with van der Waals surface area (Å²) in [5.41, 5.74) is 6.36. The molecule has 4 rings (SSSR count). The largest absolute Gasteiger partial charge is 0.457 e. The number of aliphatic hydroxyl groups excluding tert-OH is 2. The maximum atomic E-state index is 12.1. The highest BCUT2D eigenvalue weighted by Crippen LogP contribution is 2.40. The van der Waals surface area contributed by atoms with Crippen molar-refractivity contribution in [1.82, 2.24) is 0 Å². The molecule has 0 saturated carbocycles. The van der Waals surface area contributed by atoms with E-state index in [1.165, 1.54) is 0 Å². The fourth-order valence-corrected chi connectivity index (χ4v) is 9.86. The molecular formula is C46H58Br4O3. The number of ether oxygens (including phenoxy) is 1. The van der Waals surface area contributed by atoms with Gasteiger partial charge in [-0.1, -0.05) is 155 Å². The highest BCUT2D eigenvalue weighted by molar-refractivity contribution is 9.11. The molecule has 288 valence electrons. The minimum Gasteiger partial charge on any atom is -0.457 e. The fraction of sp³-hybridized carbons (Fsp3) is 0.478. The van der Waals surface area contributed by atoms with Crippen molar-refractivity contribution >= 4 is 63.7 Å². The van der Waals surface area contributed by atoms with Gasteiger partial charge in [0, 0.05) is 17.9 Å². The van der Waals surface area contributed by atoms with E-state index in [-0.39, 0.29) is 11.8 Å². The van der Waals surface area contributed by atoms with Gasteiger partial charge in [0.2, 0.25) is 0 Å². The molecule has 0 fully saturated rings. The van der Waals surface area contributed by atoms with Gasteiger partial charge in [0.1, 0.15) is 11.5 Å². The van der Waals surface area contributed by atoms with Crippen LogP contribution in [0.2, 0.25) is 0 Å². The molecule has 4 aromatic carbocycles. The molecule has 0 saturated heterocycles. The van der Waals surface area contributed by atoms with Gasteiger partial charge >= 0.3 is 0 Å². The molecule has 4 aromatic rings. The summed E-state index contributed by atoms with van der Waals surface area (Å²) in [5, 5.41) is 24.3. The number of benzene rings is 4. The second-order valence-corrected chi connectivity index (χ2v) is 19.1. The van der Waals surface area contributed by atoms with E-state index in [0.717, 1.165) is 103 Å². The Morgan fingerprint density at radius 2 is 0.906 bits per heavy atom. The highest BCUT2D eigenvalue weighted by atomic mass is 79.9. The van der Waals surface area contributed by atoms with Gasteiger partial charge in [0.25, 0.3) is 0 Å². The van der Waals surface area contributed by atoms with E-state index in [4.69, 9.17) is 4.74 Å². The standard InChI is InChI=1S/C46H58Br4O3/c1-7-9-11-35(21-29(3)4)45(51)41-27-39(19-15-31(41)23-33-13-17-37(47)25-43(33)49)53-40-20-16-32(24-34-14-18-38(48)26-44(34)50)42(28-40)46(52)36(12-10-8-2)22-30(5)6/h13-20,25-30,35-36,45-46,51-52H,7-12,21-24H2,1-6H3. The molecular weight excluding hydrogens is 920 g/mol. The van der Waals surface area contributed by atoms with E-state index < -0.39 is 12.2 Å². The van der Waals surface area contributed by atoms with Crippen molar-refractivity contribution in [3.05, 3.63) is 124 Å². The van der Waals surface area contributed by atoms with Crippen molar-refractivity contribution in [2.75, 3.05) is 0 Å². The molecule has 0 bridgehead atoms. The lowest BCUT2D eigenvalue weighted by molar-refractivity contribution is 0.0872. The molecule has 4 atom stereocenters. The topological polar surface area (TPSA) is 49.7 Å². The second kappa shape index (κ2) is 21.7. The van der Waals surface area contributed by atoms with Crippen molar-refractivity contribution in [2.24, 2.45) is 23.7 Å². The molecule has 53 heavy (non-hydrogen) atoms. The monoisotopic (exact) mass is 974 g/mol. The van der Waals surface area contributed by atoms with Gasteiger partial charge in [0.15, 0.2) is 0 Å². The number of rotatable bonds is 20. The quantitative estimate of drug-likeness (QED) is 0.0928. The van der Waals surface area contributed by atoms with Gasteiger partial charge in [-0.15, -0.1) is 0 Å². The second-order valence-electron chi connectivity index (χ2n) is 15.6. The molecule has 0 radical (unpaired) electrons. The number of hydrogen-bond acceptors (Lipinski definition) is 3. The van der Waals surface area contributed by atoms with E-state index in [1.54, 1.807) is 0 Å². The lowest BCUT2D eigenvalue weighted by Gasteiger charge is -2.28. The van der Waals surface area contributed by atoms with E-state index in [0.29, 0.717) is 36.2 Å². The number of aliphatic hydroxyl groups is 2. The zero-order valence-corrected chi connectivity index (χ0v) is 38.6. The molecule has 0 aliphatic rings. The van der Waals surface area contributed by atoms with Crippen molar-refractivity contribution in [1.29, 1.82) is 0 Å². The smallest absolute Gasteiger partial charge is 0.127 e. The Balaban J connectivity index is 1.77. The van der Waals surface area contributed by atoms with Crippen LogP contribution >= 0.6 is 63.7 Å². The summed E-state index contributed by atoms with van der Waals surface area (Å²) in [4.78, 5) is 0. The molecule has 0 heterocycles. The van der Waals surface area contributed by atoms with Gasteiger partial charge < -0.3 is 14.9 Å². The van der Waals surface area contributed by atoms with Crippen molar-refractivity contribution < 1.29 is 14.9 Å². The molecule has 0 amide bonds. The fourth-order valence-electron chi connectivity index (χ4n) is 7.48. The van der Waals surface area contributed by atoms with E-state index in [1.807, 2.05) is 12.1 Å². The number of hydrogen-bond donors (Lipinski definition) is 2. The Morgan fingerprint density at radius 1 is 0.528 bits per heavy atom. The predicted octanol–water partition coefficient (Wildman–Crippen LogP) is 15.5. The van der Waals surface area contributed by atoms with Crippen LogP contribution in [0.25, 0.3) is 0 Å². The van der Waals surface area contributed by atoms with Gasteiger partial charge in [-0.3, -0.25) is 0 Å². The zero-order chi connectivity index (χ0) is 38.7. The van der Waals surface area contributed by atoms with Crippen LogP contribution in [0.1, 0.15) is 138 Å². The first kappa shape index (κ1) is 44.2. The molecule has 7 heteroatoms. The maximum Gasteiger partial charge on any atom is 0.127 e. The van der Waals surface area contributed by atoms with E-state index >= 15 is 0 Å². The SMILES string of the molecule is CCCCC(CC(C)C)C(O)c1cc(Oc2ccc(Cc3ccc(Br)cc3Br)c(C(O)C(CCCC)CC(C)C)c2)ccc1Cc1ccc(Br)cc1Br. The Hall–Kier alpha value is -1.48. The Bertz CT molecular complexity index is 1630. The highest BCUT2D eigenvalue weighted by Gasteiger charge is 2.27. The lowest BCUT2D eigenvalue weighted by Crippen LogP contribution is -2.17. The van der Waals surface area contributed by atoms with Crippen molar-refractivity contribution in [3.8, 4) is 11.5 Å². The van der Waals surface area contributed by atoms with Crippen molar-refractivity contribution in [3.63, 3.8) is 0 Å². The normalized spacial score (nSPS) is 14.1. The molecule has 0 spiro atoms. The zero-order valence-electron chi connectivity index (χ0n) is 32.3. The van der Waals surface area contributed by atoms with Gasteiger partial charge in [0.05, 0.1) is 12.2 Å². The molecule has 3 nitrogen and oxygen atoms in total. The first-order valence-electron chi connectivity index (χ1n) is 19.5. The maximum absolute atomic E-state index is 12.1. The van der Waals surface area contributed by atoms with Crippen LogP contribution < -0.4 is 4.74 Å². The molecule has 0 aromatic heterocycles. The summed E-state index contributed by atoms with van der Waals surface area (Å²) >= 11 is 14.7. The number of unbranched alkanes of at least 4 members (excludes halogenated alkanes) is 2. The minimum atomic E-state index is -0.615. The summed E-state index contributed by atoms with van der Waals surface area (Å²) < 4.78 is 10.8. The van der Waals surface area contributed by atoms with Crippen molar-refractivity contribution in [2.45, 2.75) is 118 Å². The first-order valence-corrected chi connectivity index (χ1v) is 22.6. The molecule has 4 unspecified atom stereocenters. The summed E-state index contributed by atoms with van der Waals surface area (Å²) in [6.07, 6.45) is 8.40. The van der Waals surface area contributed by atoms with Crippen LogP contribution in [-0.4, -0.2) is 10.2 Å². The average Bonchev–Trinajstić information content (AvgIpc) is 3.11. The Kier molecular flexibility index (Phi) is 18.1. The molecule has 0 aliphatic carbocycles. The van der Waals surface area contributed by atoms with Crippen LogP contribution in [0, 0.1) is 23.7 Å². The van der Waals surface area contributed by atoms with Crippen LogP contribution in [0.3, 0.4) is 0 Å². The summed E-state index contributed by atoms with van der Waals surface area (Å²) in [5.74, 6) is 2.63. The summed E-state index contributed by atoms with van der Waals surface area (Å²) in [6.45, 7) is 13.4. The third-order valence-electron chi connectivity index (χ3n) is 10.2. The summed E-state index contributed by atoms with van der Waals surface area (Å²) in [6, 6.07) is 24.9. The minimum absolute atomic E-state index is 0.150. The van der Waals surface area contributed by atoms with Crippen LogP contribution in [0.15, 0.2) is 90.7 Å². The van der Waals surface area contributed by atoms with Gasteiger partial charge in [-0.05, 0) is 144 Å². The first-order chi connectivity index (χ1) is 25.3. The number of halogens is 4. The third-order valence-corrected chi connectivity index (χ3v) is 12.7. The lowest BCUT2D eigenvalue weighted by atomic mass is 9.82. The summed E-state index contributed by atoms with van der Waals surface area (Å²) in [7, 11) is 0. The Labute approximate surface area is 353 Å². The Morgan fingerprint density at radius 3 is 1.25 bits per heavy atom. The average molecular weight is 979 g/mol. The van der Waals surface area contributed by atoms with Crippen LogP contribution in [0.5, 0.6) is 11.5 Å². The van der Waals surface area contributed by atoms with Gasteiger partial charge in [-0.2, -0.15) is 0 Å². The van der Waals surface area contributed by atoms with E-state index in [2.05, 4.69) is 166 Å². The molecule has 0 aliphatic heterocycles. The molecule has 2 N–H and O–H groups in total.